The van der Waals surface area contributed by atoms with E-state index in [2.05, 4.69) is 10.1 Å². The lowest BCUT2D eigenvalue weighted by atomic mass is 9.95. The van der Waals surface area contributed by atoms with Gasteiger partial charge in [-0.3, -0.25) is 10.1 Å². The number of ether oxygens (including phenoxy) is 1. The highest BCUT2D eigenvalue weighted by Crippen LogP contribution is 2.41. The highest BCUT2D eigenvalue weighted by Gasteiger charge is 2.45. The average molecular weight is 486 g/mol. The summed E-state index contributed by atoms with van der Waals surface area (Å²) < 4.78 is 47.2. The Hall–Kier alpha value is -3.67. The normalized spacial score (nSPS) is 23.7. The molecule has 0 unspecified atom stereocenters. The number of non-ortho nitro benzene ring substituents is 1. The third-order valence-corrected chi connectivity index (χ3v) is 8.11. The van der Waals surface area contributed by atoms with Crippen LogP contribution in [0, 0.1) is 10.1 Å². The van der Waals surface area contributed by atoms with Crippen molar-refractivity contribution in [2.75, 3.05) is 0 Å². The monoisotopic (exact) mass is 486 g/mol. The number of esters is 1. The second kappa shape index (κ2) is 8.28. The minimum Gasteiger partial charge on any atom is -0.459 e. The molecule has 176 valence electrons. The number of sulfone groups is 1. The van der Waals surface area contributed by atoms with Crippen LogP contribution in [0.2, 0.25) is 0 Å². The molecule has 0 spiro atoms. The molecule has 2 atom stereocenters. The zero-order valence-electron chi connectivity index (χ0n) is 17.7. The largest absolute Gasteiger partial charge is 0.459 e. The Morgan fingerprint density at radius 3 is 2.41 bits per heavy atom. The van der Waals surface area contributed by atoms with Crippen LogP contribution in [0.5, 0.6) is 0 Å². The van der Waals surface area contributed by atoms with Crippen LogP contribution in [0.3, 0.4) is 0 Å². The fraction of sp³-hybridized carbons (Fsp3) is 0.318. The fourth-order valence-electron chi connectivity index (χ4n) is 4.19. The summed E-state index contributed by atoms with van der Waals surface area (Å²) in [5, 5.41) is 13.6. The number of hydrogen-bond donors (Lipinski definition) is 0. The molecule has 0 saturated heterocycles. The number of hydrogen-bond acceptors (Lipinski definition) is 8. The van der Waals surface area contributed by atoms with E-state index in [4.69, 9.17) is 4.74 Å². The predicted molar refractivity (Wildman–Crippen MR) is 116 cm³/mol. The standard InChI is InChI=1S/C22H19FN4O6S/c23-18-12-19(13-4-2-1-3-5-13)26-20(18)24-22(25-26)34(31,32)17-10-16(11-17)33-21(28)14-6-8-15(9-7-14)27(29)30/h1-9,16-19H,10-12H2/t16?,17?,18-,19-/m0/s1. The van der Waals surface area contributed by atoms with Crippen LogP contribution in [-0.4, -0.2) is 45.4 Å². The Morgan fingerprint density at radius 1 is 1.09 bits per heavy atom. The van der Waals surface area contributed by atoms with Crippen LogP contribution in [0.15, 0.2) is 59.8 Å². The lowest BCUT2D eigenvalue weighted by molar-refractivity contribution is -0.384. The number of aromatic nitrogens is 3. The van der Waals surface area contributed by atoms with Gasteiger partial charge in [0, 0.05) is 31.4 Å². The van der Waals surface area contributed by atoms with Crippen LogP contribution in [0.1, 0.15) is 53.2 Å². The van der Waals surface area contributed by atoms with Crippen molar-refractivity contribution in [1.82, 2.24) is 14.8 Å². The van der Waals surface area contributed by atoms with Crippen LogP contribution in [0.25, 0.3) is 0 Å². The van der Waals surface area contributed by atoms with Gasteiger partial charge in [0.1, 0.15) is 6.10 Å². The molecule has 10 nitrogen and oxygen atoms in total. The van der Waals surface area contributed by atoms with E-state index in [9.17, 15) is 27.7 Å². The maximum Gasteiger partial charge on any atom is 0.338 e. The van der Waals surface area contributed by atoms with E-state index in [-0.39, 0.29) is 36.3 Å². The van der Waals surface area contributed by atoms with Crippen molar-refractivity contribution in [3.63, 3.8) is 0 Å². The molecule has 1 aromatic heterocycles. The summed E-state index contributed by atoms with van der Waals surface area (Å²) in [5.41, 5.74) is 0.792. The van der Waals surface area contributed by atoms with Gasteiger partial charge in [0.15, 0.2) is 12.0 Å². The molecular weight excluding hydrogens is 467 g/mol. The number of carbonyl (C=O) groups excluding carboxylic acids is 1. The van der Waals surface area contributed by atoms with Gasteiger partial charge in [-0.2, -0.15) is 4.98 Å². The van der Waals surface area contributed by atoms with Crippen molar-refractivity contribution in [1.29, 1.82) is 0 Å². The number of nitro groups is 1. The molecule has 2 aliphatic rings. The number of halogens is 1. The van der Waals surface area contributed by atoms with Gasteiger partial charge in [0.05, 0.1) is 21.8 Å². The quantitative estimate of drug-likeness (QED) is 0.294. The van der Waals surface area contributed by atoms with E-state index in [1.165, 1.54) is 28.9 Å². The third-order valence-electron chi connectivity index (χ3n) is 6.16. The van der Waals surface area contributed by atoms with Crippen LogP contribution >= 0.6 is 0 Å². The molecule has 0 radical (unpaired) electrons. The minimum absolute atomic E-state index is 0.00657. The van der Waals surface area contributed by atoms with Crippen LogP contribution < -0.4 is 0 Å². The summed E-state index contributed by atoms with van der Waals surface area (Å²) >= 11 is 0. The molecule has 12 heteroatoms. The zero-order chi connectivity index (χ0) is 24.0. The number of rotatable bonds is 6. The van der Waals surface area contributed by atoms with Gasteiger partial charge in [-0.25, -0.2) is 22.3 Å². The smallest absolute Gasteiger partial charge is 0.338 e. The fourth-order valence-corrected chi connectivity index (χ4v) is 5.84. The second-order valence-corrected chi connectivity index (χ2v) is 10.4. The summed E-state index contributed by atoms with van der Waals surface area (Å²) in [5.74, 6) is -0.700. The van der Waals surface area contributed by atoms with Crippen molar-refractivity contribution in [3.8, 4) is 0 Å². The first-order valence-electron chi connectivity index (χ1n) is 10.6. The van der Waals surface area contributed by atoms with Gasteiger partial charge in [-0.15, -0.1) is 5.10 Å². The Labute approximate surface area is 193 Å². The SMILES string of the molecule is O=C(OC1CC(S(=O)(=O)c2nc3n(n2)[C@H](c2ccccc2)C[C@@H]3F)C1)c1ccc([N+](=O)[O-])cc1. The molecule has 1 aliphatic heterocycles. The summed E-state index contributed by atoms with van der Waals surface area (Å²) in [6, 6.07) is 13.6. The van der Waals surface area contributed by atoms with Gasteiger partial charge < -0.3 is 4.74 Å². The first kappa shape index (κ1) is 22.1. The van der Waals surface area contributed by atoms with E-state index in [0.717, 1.165) is 5.56 Å². The topological polar surface area (TPSA) is 134 Å². The first-order valence-corrected chi connectivity index (χ1v) is 12.1. The lowest BCUT2D eigenvalue weighted by Crippen LogP contribution is -2.42. The maximum absolute atomic E-state index is 14.6. The Bertz CT molecular complexity index is 1350. The summed E-state index contributed by atoms with van der Waals surface area (Å²) in [6.07, 6.45) is -1.77. The second-order valence-electron chi connectivity index (χ2n) is 8.30. The highest BCUT2D eigenvalue weighted by atomic mass is 32.2. The molecule has 1 aliphatic carbocycles. The van der Waals surface area contributed by atoms with Crippen molar-refractivity contribution in [2.45, 2.75) is 48.0 Å². The Morgan fingerprint density at radius 2 is 1.76 bits per heavy atom. The first-order chi connectivity index (χ1) is 16.2. The van der Waals surface area contributed by atoms with Crippen molar-refractivity contribution in [2.24, 2.45) is 0 Å². The van der Waals surface area contributed by atoms with Crippen LogP contribution in [-0.2, 0) is 14.6 Å². The Kier molecular flexibility index (Phi) is 5.39. The maximum atomic E-state index is 14.6. The summed E-state index contributed by atoms with van der Waals surface area (Å²) in [4.78, 5) is 26.4. The van der Waals surface area contributed by atoms with Crippen molar-refractivity contribution in [3.05, 3.63) is 81.7 Å². The molecule has 1 fully saturated rings. The summed E-state index contributed by atoms with van der Waals surface area (Å²) in [7, 11) is -3.93. The number of carbonyl (C=O) groups is 1. The number of nitro benzene ring substituents is 1. The summed E-state index contributed by atoms with van der Waals surface area (Å²) in [6.45, 7) is 0. The van der Waals surface area contributed by atoms with Gasteiger partial charge in [-0.1, -0.05) is 30.3 Å². The minimum atomic E-state index is -3.93. The van der Waals surface area contributed by atoms with E-state index >= 15 is 0 Å². The number of nitrogens with zero attached hydrogens (tertiary/aromatic N) is 4. The highest BCUT2D eigenvalue weighted by molar-refractivity contribution is 7.91. The van der Waals surface area contributed by atoms with E-state index < -0.39 is 49.5 Å². The molecule has 2 heterocycles. The van der Waals surface area contributed by atoms with Gasteiger partial charge in [0.2, 0.25) is 9.84 Å². The van der Waals surface area contributed by atoms with Crippen molar-refractivity contribution < 1.29 is 27.3 Å². The van der Waals surface area contributed by atoms with E-state index in [1.807, 2.05) is 30.3 Å². The molecule has 0 bridgehead atoms. The lowest BCUT2D eigenvalue weighted by Gasteiger charge is -2.33. The Balaban J connectivity index is 1.25. The molecule has 34 heavy (non-hydrogen) atoms. The molecule has 0 amide bonds. The number of benzene rings is 2. The van der Waals surface area contributed by atoms with Gasteiger partial charge >= 0.3 is 5.97 Å². The average Bonchev–Trinajstić information content (AvgIpc) is 3.37. The molecule has 0 N–H and O–H groups in total. The number of fused-ring (bicyclic) bond motifs is 1. The molecule has 3 aromatic rings. The van der Waals surface area contributed by atoms with Gasteiger partial charge in [0.25, 0.3) is 10.8 Å². The third kappa shape index (κ3) is 3.83. The molecule has 2 aromatic carbocycles. The van der Waals surface area contributed by atoms with Gasteiger partial charge in [-0.05, 0) is 17.7 Å². The molecular formula is C22H19FN4O6S. The van der Waals surface area contributed by atoms with E-state index in [1.54, 1.807) is 0 Å². The molecule has 5 rings (SSSR count). The number of alkyl halides is 1. The zero-order valence-corrected chi connectivity index (χ0v) is 18.5. The van der Waals surface area contributed by atoms with Crippen LogP contribution in [0.4, 0.5) is 10.1 Å². The molecule has 1 saturated carbocycles. The van der Waals surface area contributed by atoms with E-state index in [0.29, 0.717) is 0 Å². The van der Waals surface area contributed by atoms with Crippen molar-refractivity contribution >= 4 is 21.5 Å². The predicted octanol–water partition coefficient (Wildman–Crippen LogP) is 3.35.